The van der Waals surface area contributed by atoms with E-state index in [-0.39, 0.29) is 25.0 Å². The lowest BCUT2D eigenvalue weighted by Crippen LogP contribution is -2.38. The van der Waals surface area contributed by atoms with Crippen molar-refractivity contribution in [2.75, 3.05) is 32.8 Å². The van der Waals surface area contributed by atoms with Crippen molar-refractivity contribution in [3.8, 4) is 5.75 Å². The van der Waals surface area contributed by atoms with Crippen LogP contribution in [0.4, 0.5) is 0 Å². The highest BCUT2D eigenvalue weighted by Gasteiger charge is 2.23. The number of ether oxygens (including phenoxy) is 1. The number of nitrogens with zero attached hydrogens (tertiary/aromatic N) is 2. The molecule has 2 aromatic rings. The highest BCUT2D eigenvalue weighted by molar-refractivity contribution is 5.94. The molecule has 190 valence electrons. The van der Waals surface area contributed by atoms with Gasteiger partial charge in [-0.1, -0.05) is 38.8 Å². The van der Waals surface area contributed by atoms with E-state index in [1.165, 1.54) is 6.08 Å². The normalized spacial score (nSPS) is 13.7. The molecule has 1 fully saturated rings. The number of aromatic nitrogens is 1. The van der Waals surface area contributed by atoms with Crippen LogP contribution in [0.25, 0.3) is 6.08 Å². The van der Waals surface area contributed by atoms with Gasteiger partial charge in [0, 0.05) is 43.7 Å². The van der Waals surface area contributed by atoms with E-state index in [0.29, 0.717) is 23.8 Å². The molecule has 3 rings (SSSR count). The average Bonchev–Trinajstić information content (AvgIpc) is 2.92. The number of carbonyl (C=O) groups is 2. The number of unbranched alkanes of at least 4 members (excludes halogenated alkanes) is 1. The number of carbonyl (C=O) groups excluding carboxylic acids is 2. The monoisotopic (exact) mass is 481 g/mol. The first-order chi connectivity index (χ1) is 17.2. The topological polar surface area (TPSA) is 91.8 Å². The molecule has 0 atom stereocenters. The molecule has 2 N–H and O–H groups in total. The van der Waals surface area contributed by atoms with Crippen LogP contribution in [-0.4, -0.2) is 59.7 Å². The number of likely N-dealkylation sites (tertiary alicyclic amines) is 1. The van der Waals surface area contributed by atoms with Gasteiger partial charge in [-0.05, 0) is 61.1 Å². The van der Waals surface area contributed by atoms with Crippen LogP contribution < -0.4 is 10.1 Å². The van der Waals surface area contributed by atoms with Crippen molar-refractivity contribution in [3.63, 3.8) is 0 Å². The Labute approximate surface area is 209 Å². The molecule has 0 radical (unpaired) electrons. The fraction of sp³-hybridized carbons (Fsp3) is 0.464. The second-order valence-electron chi connectivity index (χ2n) is 8.24. The van der Waals surface area contributed by atoms with Crippen LogP contribution in [0, 0.1) is 5.92 Å². The minimum absolute atomic E-state index is 0.0324. The van der Waals surface area contributed by atoms with E-state index in [9.17, 15) is 9.59 Å². The summed E-state index contributed by atoms with van der Waals surface area (Å²) in [6, 6.07) is 10.9. The number of nitrogens with one attached hydrogen (secondary N) is 1. The molecule has 7 heteroatoms. The Bertz CT molecular complexity index is 909. The van der Waals surface area contributed by atoms with E-state index in [2.05, 4.69) is 10.3 Å². The molecule has 0 saturated carbocycles. The van der Waals surface area contributed by atoms with E-state index in [4.69, 9.17) is 9.84 Å². The van der Waals surface area contributed by atoms with Crippen molar-refractivity contribution in [3.05, 3.63) is 66.0 Å². The number of piperidine rings is 1. The van der Waals surface area contributed by atoms with Gasteiger partial charge in [0.1, 0.15) is 12.4 Å². The van der Waals surface area contributed by atoms with Crippen molar-refractivity contribution in [2.45, 2.75) is 46.0 Å². The molecule has 1 aliphatic heterocycles. The Balaban J connectivity index is 0.00000210. The van der Waals surface area contributed by atoms with E-state index >= 15 is 0 Å². The molecule has 2 amide bonds. The van der Waals surface area contributed by atoms with Crippen LogP contribution in [0.15, 0.2) is 54.9 Å². The maximum atomic E-state index is 12.8. The van der Waals surface area contributed by atoms with Crippen molar-refractivity contribution >= 4 is 17.9 Å². The fourth-order valence-electron chi connectivity index (χ4n) is 3.96. The molecular weight excluding hydrogens is 442 g/mol. The molecule has 0 spiro atoms. The minimum Gasteiger partial charge on any atom is -0.491 e. The molecule has 0 aliphatic carbocycles. The Morgan fingerprint density at radius 3 is 2.69 bits per heavy atom. The summed E-state index contributed by atoms with van der Waals surface area (Å²) in [5.74, 6) is 1.17. The SMILES string of the molecule is CC.O=C(/C=C/c1cccnc1)NCCCCC1CCN(C(=O)c2cccc(OCCO)c2)CC1. The van der Waals surface area contributed by atoms with Gasteiger partial charge in [0.15, 0.2) is 0 Å². The first kappa shape index (κ1) is 28.1. The summed E-state index contributed by atoms with van der Waals surface area (Å²) in [5.41, 5.74) is 1.53. The average molecular weight is 482 g/mol. The van der Waals surface area contributed by atoms with Crippen LogP contribution in [0.1, 0.15) is 61.9 Å². The number of hydrogen-bond acceptors (Lipinski definition) is 5. The second-order valence-corrected chi connectivity index (χ2v) is 8.24. The molecule has 0 unspecified atom stereocenters. The standard InChI is InChI=1S/C26H33N3O4.C2H6/c30-17-18-33-24-8-3-7-23(19-24)26(32)29-15-11-21(12-16-29)5-1-2-14-28-25(31)10-9-22-6-4-13-27-20-22;1-2/h3-4,6-10,13,19-21,30H,1-2,5,11-12,14-18H2,(H,28,31);1-2H3/b10-9+;. The number of pyridine rings is 1. The van der Waals surface area contributed by atoms with Gasteiger partial charge >= 0.3 is 0 Å². The van der Waals surface area contributed by atoms with Crippen LogP contribution in [0.5, 0.6) is 5.75 Å². The highest BCUT2D eigenvalue weighted by Crippen LogP contribution is 2.24. The number of benzene rings is 1. The van der Waals surface area contributed by atoms with Crippen molar-refractivity contribution < 1.29 is 19.4 Å². The summed E-state index contributed by atoms with van der Waals surface area (Å²) in [4.78, 5) is 30.6. The number of hydrogen-bond donors (Lipinski definition) is 2. The third kappa shape index (κ3) is 10.3. The van der Waals surface area contributed by atoms with Crippen LogP contribution in [-0.2, 0) is 4.79 Å². The fourth-order valence-corrected chi connectivity index (χ4v) is 3.96. The lowest BCUT2D eigenvalue weighted by molar-refractivity contribution is -0.116. The number of aliphatic hydroxyl groups is 1. The highest BCUT2D eigenvalue weighted by atomic mass is 16.5. The summed E-state index contributed by atoms with van der Waals surface area (Å²) < 4.78 is 5.41. The maximum absolute atomic E-state index is 12.8. The van der Waals surface area contributed by atoms with Gasteiger partial charge in [-0.25, -0.2) is 0 Å². The van der Waals surface area contributed by atoms with E-state index < -0.39 is 0 Å². The molecule has 1 aromatic heterocycles. The van der Waals surface area contributed by atoms with Crippen LogP contribution >= 0.6 is 0 Å². The van der Waals surface area contributed by atoms with E-state index in [1.54, 1.807) is 42.7 Å². The maximum Gasteiger partial charge on any atom is 0.253 e. The molecule has 1 aliphatic rings. The molecule has 1 saturated heterocycles. The van der Waals surface area contributed by atoms with Crippen molar-refractivity contribution in [2.24, 2.45) is 5.92 Å². The first-order valence-electron chi connectivity index (χ1n) is 12.6. The van der Waals surface area contributed by atoms with E-state index in [0.717, 1.165) is 50.8 Å². The van der Waals surface area contributed by atoms with Gasteiger partial charge in [0.25, 0.3) is 5.91 Å². The Hall–Kier alpha value is -3.19. The number of amides is 2. The summed E-state index contributed by atoms with van der Waals surface area (Å²) in [5, 5.41) is 11.8. The largest absolute Gasteiger partial charge is 0.491 e. The third-order valence-corrected chi connectivity index (χ3v) is 5.79. The second kappa shape index (κ2) is 16.4. The predicted molar refractivity (Wildman–Crippen MR) is 139 cm³/mol. The van der Waals surface area contributed by atoms with Gasteiger partial charge in [-0.15, -0.1) is 0 Å². The summed E-state index contributed by atoms with van der Waals surface area (Å²) in [6.45, 7) is 6.36. The van der Waals surface area contributed by atoms with Crippen LogP contribution in [0.3, 0.4) is 0 Å². The summed E-state index contributed by atoms with van der Waals surface area (Å²) in [7, 11) is 0. The quantitative estimate of drug-likeness (QED) is 0.368. The lowest BCUT2D eigenvalue weighted by atomic mass is 9.91. The zero-order valence-corrected chi connectivity index (χ0v) is 21.0. The molecule has 35 heavy (non-hydrogen) atoms. The molecular formula is C28H39N3O4. The van der Waals surface area contributed by atoms with Gasteiger partial charge in [0.05, 0.1) is 6.61 Å². The molecule has 2 heterocycles. The van der Waals surface area contributed by atoms with Crippen molar-refractivity contribution in [1.29, 1.82) is 0 Å². The Morgan fingerprint density at radius 2 is 1.97 bits per heavy atom. The Kier molecular flexibility index (Phi) is 13.2. The number of rotatable bonds is 11. The zero-order chi connectivity index (χ0) is 25.3. The van der Waals surface area contributed by atoms with Gasteiger partial charge in [-0.3, -0.25) is 14.6 Å². The first-order valence-corrected chi connectivity index (χ1v) is 12.6. The van der Waals surface area contributed by atoms with Crippen molar-refractivity contribution in [1.82, 2.24) is 15.2 Å². The summed E-state index contributed by atoms with van der Waals surface area (Å²) in [6.07, 6.45) is 11.9. The van der Waals surface area contributed by atoms with Gasteiger partial charge in [-0.2, -0.15) is 0 Å². The van der Waals surface area contributed by atoms with Gasteiger partial charge in [0.2, 0.25) is 5.91 Å². The van der Waals surface area contributed by atoms with Crippen LogP contribution in [0.2, 0.25) is 0 Å². The molecule has 7 nitrogen and oxygen atoms in total. The minimum atomic E-state index is -0.0866. The van der Waals surface area contributed by atoms with E-state index in [1.807, 2.05) is 30.9 Å². The zero-order valence-electron chi connectivity index (χ0n) is 21.0. The smallest absolute Gasteiger partial charge is 0.253 e. The Morgan fingerprint density at radius 1 is 1.17 bits per heavy atom. The third-order valence-electron chi connectivity index (χ3n) is 5.79. The molecule has 1 aromatic carbocycles. The lowest BCUT2D eigenvalue weighted by Gasteiger charge is -2.32. The summed E-state index contributed by atoms with van der Waals surface area (Å²) >= 11 is 0. The number of aliphatic hydroxyl groups excluding tert-OH is 1. The predicted octanol–water partition coefficient (Wildman–Crippen LogP) is 4.33. The van der Waals surface area contributed by atoms with Gasteiger partial charge < -0.3 is 20.1 Å². The molecule has 0 bridgehead atoms.